The van der Waals surface area contributed by atoms with Crippen molar-refractivity contribution >= 4 is 12.0 Å². The van der Waals surface area contributed by atoms with Crippen LogP contribution in [0.5, 0.6) is 28.7 Å². The van der Waals surface area contributed by atoms with Gasteiger partial charge in [0.2, 0.25) is 12.9 Å². The Morgan fingerprint density at radius 1 is 0.688 bits per heavy atom. The summed E-state index contributed by atoms with van der Waals surface area (Å²) in [6.45, 7) is -2.25. The molecule has 0 amide bonds. The van der Waals surface area contributed by atoms with Crippen molar-refractivity contribution in [2.24, 2.45) is 0 Å². The number of carbonyl (C=O) groups excluding carboxylic acids is 1. The topological polar surface area (TPSA) is 348 Å². The monoisotopic (exact) mass is 903 g/mol. The third kappa shape index (κ3) is 9.79. The average Bonchev–Trinajstić information content (AvgIpc) is 3.55. The van der Waals surface area contributed by atoms with Crippen LogP contribution in [-0.2, 0) is 28.4 Å². The van der Waals surface area contributed by atoms with Crippen LogP contribution in [0.4, 0.5) is 0 Å². The van der Waals surface area contributed by atoms with Crippen molar-refractivity contribution < 1.29 is 103 Å². The minimum absolute atomic E-state index is 0.00227. The molecule has 0 aromatic heterocycles. The molecule has 7 rings (SSSR count). The lowest BCUT2D eigenvalue weighted by Crippen LogP contribution is -2.65. The molecule has 0 saturated carbocycles. The first-order valence-corrected chi connectivity index (χ1v) is 19.7. The molecule has 4 aliphatic heterocycles. The summed E-state index contributed by atoms with van der Waals surface area (Å²) in [5.41, 5.74) is 0.262. The quantitative estimate of drug-likeness (QED) is 0.0379. The lowest BCUT2D eigenvalue weighted by atomic mass is 9.96. The van der Waals surface area contributed by atoms with Gasteiger partial charge in [-0.3, -0.25) is 4.79 Å². The van der Waals surface area contributed by atoms with Gasteiger partial charge in [-0.15, -0.1) is 0 Å². The Bertz CT molecular complexity index is 2280. The maximum atomic E-state index is 12.2. The van der Waals surface area contributed by atoms with E-state index in [1.807, 2.05) is 0 Å². The van der Waals surface area contributed by atoms with E-state index in [4.69, 9.17) is 42.3 Å². The van der Waals surface area contributed by atoms with Gasteiger partial charge in [-0.05, 0) is 48.0 Å². The minimum atomic E-state index is -2.02. The van der Waals surface area contributed by atoms with Gasteiger partial charge in [0.25, 0.3) is 0 Å². The standard InChI is InChI=1S/C42H46O22/c1-56-25-10-18(5-8-22(25)47)37-26(13-21-23(48)11-20(46)12-24(21)58-37)59-40-35(54)32(51)38(27(14-43)60-40)64-42-36(55)33(52)39(28(15-44)61-42)63-41-34(53)31(50)29(62-41)16-57-30(49)9-4-17-2-6-19(45)7-3-17/h2-13,27-29,31-36,38-45,47-48,50-55H,14-16H2,1H3/p+1/t27-,28-,29-,31+,32-,33-,34-,35-,36-,38+,39-,40?,41+,42?/m1/s1. The first-order chi connectivity index (χ1) is 30.6. The zero-order chi connectivity index (χ0) is 46.0. The highest BCUT2D eigenvalue weighted by Gasteiger charge is 2.54. The van der Waals surface area contributed by atoms with E-state index >= 15 is 0 Å². The molecular weight excluding hydrogens is 856 g/mol. The number of methoxy groups -OCH3 is 1. The van der Waals surface area contributed by atoms with Gasteiger partial charge < -0.3 is 103 Å². The maximum Gasteiger partial charge on any atom is 0.510 e. The largest absolute Gasteiger partial charge is 0.510 e. The van der Waals surface area contributed by atoms with E-state index in [-0.39, 0.29) is 45.6 Å². The molecule has 2 unspecified atom stereocenters. The Morgan fingerprint density at radius 3 is 1.91 bits per heavy atom. The van der Waals surface area contributed by atoms with Crippen molar-refractivity contribution in [2.45, 2.75) is 86.0 Å². The van der Waals surface area contributed by atoms with Gasteiger partial charge in [0, 0.05) is 17.7 Å². The Balaban J connectivity index is 1.01. The molecule has 22 heteroatoms. The van der Waals surface area contributed by atoms with Crippen molar-refractivity contribution in [2.75, 3.05) is 26.9 Å². The molecule has 3 saturated heterocycles. The van der Waals surface area contributed by atoms with Crippen LogP contribution in [0.2, 0.25) is 0 Å². The average molecular weight is 904 g/mol. The van der Waals surface area contributed by atoms with Gasteiger partial charge in [0.1, 0.15) is 84.4 Å². The Kier molecular flexibility index (Phi) is 14.4. The van der Waals surface area contributed by atoms with E-state index in [1.54, 1.807) is 12.1 Å². The van der Waals surface area contributed by atoms with Crippen LogP contribution in [-0.4, -0.2) is 180 Å². The third-order valence-corrected chi connectivity index (χ3v) is 10.7. The van der Waals surface area contributed by atoms with Crippen LogP contribution in [0.1, 0.15) is 5.56 Å². The molecule has 1 aliphatic carbocycles. The van der Waals surface area contributed by atoms with E-state index in [0.29, 0.717) is 5.56 Å². The first-order valence-electron chi connectivity index (χ1n) is 19.7. The molecule has 2 aromatic carbocycles. The van der Waals surface area contributed by atoms with Crippen molar-refractivity contribution in [3.05, 3.63) is 82.5 Å². The second-order valence-electron chi connectivity index (χ2n) is 15.0. The molecule has 4 heterocycles. The van der Waals surface area contributed by atoms with Gasteiger partial charge in [0.15, 0.2) is 41.0 Å². The SMILES string of the molecule is COc1cc(-c2oc3cc(=O)cc(O)c-3cc2OC2O[C@H](CO)[C@H](OC3O[C@H](CO)[C@@H](O[C@@H]4O[C@H](COC(=[OH+])C=Cc5ccc(O)cc5)[C@H](O)[C@H]4O)[C@H](O)[C@H]3O)[C@H](O)[C@H]2O)ccc1O. The molecule has 0 spiro atoms. The van der Waals surface area contributed by atoms with E-state index in [2.05, 4.69) is 0 Å². The summed E-state index contributed by atoms with van der Waals surface area (Å²) >= 11 is 0. The van der Waals surface area contributed by atoms with Crippen LogP contribution in [0, 0.1) is 0 Å². The summed E-state index contributed by atoms with van der Waals surface area (Å²) in [5.74, 6) is -1.61. The summed E-state index contributed by atoms with van der Waals surface area (Å²) < 4.78 is 50.9. The second kappa shape index (κ2) is 19.7. The Morgan fingerprint density at radius 2 is 1.28 bits per heavy atom. The number of ether oxygens (including phenoxy) is 8. The van der Waals surface area contributed by atoms with E-state index in [9.17, 15) is 65.8 Å². The number of benzene rings is 3. The highest BCUT2D eigenvalue weighted by atomic mass is 16.8. The Hall–Kier alpha value is -5.44. The molecular formula is C42H47O22+. The predicted molar refractivity (Wildman–Crippen MR) is 214 cm³/mol. The number of aliphatic hydroxyl groups excluding tert-OH is 8. The molecule has 64 heavy (non-hydrogen) atoms. The first kappa shape index (κ1) is 46.5. The molecule has 0 bridgehead atoms. The number of fused-ring (bicyclic) bond motifs is 1. The Labute approximate surface area is 361 Å². The third-order valence-electron chi connectivity index (χ3n) is 10.7. The number of aliphatic hydroxyl groups is 8. The fourth-order valence-electron chi connectivity index (χ4n) is 7.30. The van der Waals surface area contributed by atoms with Gasteiger partial charge >= 0.3 is 5.97 Å². The number of esters is 1. The number of phenolic OH excluding ortho intramolecular Hbond substituents is 3. The number of hydrogen-bond donors (Lipinski definition) is 11. The molecule has 0 radical (unpaired) electrons. The van der Waals surface area contributed by atoms with Gasteiger partial charge in [-0.25, -0.2) is 0 Å². The number of hydrogen-bond acceptors (Lipinski definition) is 21. The van der Waals surface area contributed by atoms with E-state index in [0.717, 1.165) is 12.1 Å². The molecule has 346 valence electrons. The number of aromatic hydroxyl groups is 3. The van der Waals surface area contributed by atoms with Crippen LogP contribution < -0.4 is 14.9 Å². The molecule has 5 aliphatic rings. The summed E-state index contributed by atoms with van der Waals surface area (Å²) in [6, 6.07) is 13.4. The summed E-state index contributed by atoms with van der Waals surface area (Å²) in [5, 5.41) is 117. The molecule has 2 aromatic rings. The zero-order valence-corrected chi connectivity index (χ0v) is 33.6. The van der Waals surface area contributed by atoms with Crippen LogP contribution in [0.3, 0.4) is 0 Å². The van der Waals surface area contributed by atoms with Crippen molar-refractivity contribution in [3.63, 3.8) is 0 Å². The molecule has 3 fully saturated rings. The van der Waals surface area contributed by atoms with Crippen molar-refractivity contribution in [1.29, 1.82) is 0 Å². The van der Waals surface area contributed by atoms with Gasteiger partial charge in [-0.1, -0.05) is 12.1 Å². The van der Waals surface area contributed by atoms with Gasteiger partial charge in [0.05, 0.1) is 32.0 Å². The lowest BCUT2D eigenvalue weighted by molar-refractivity contribution is -0.363. The highest BCUT2D eigenvalue weighted by Crippen LogP contribution is 2.43. The van der Waals surface area contributed by atoms with E-state index < -0.39 is 123 Å². The molecule has 14 atom stereocenters. The summed E-state index contributed by atoms with van der Waals surface area (Å²) in [4.78, 5) is 22.3. The van der Waals surface area contributed by atoms with Crippen molar-refractivity contribution in [1.82, 2.24) is 0 Å². The van der Waals surface area contributed by atoms with Crippen LogP contribution in [0.25, 0.3) is 28.7 Å². The van der Waals surface area contributed by atoms with Crippen molar-refractivity contribution in [3.8, 4) is 51.4 Å². The molecule has 22 nitrogen and oxygen atoms in total. The highest BCUT2D eigenvalue weighted by molar-refractivity contribution is 5.88. The molecule has 12 N–H and O–H groups in total. The number of phenols is 3. The van der Waals surface area contributed by atoms with E-state index in [1.165, 1.54) is 55.7 Å². The van der Waals surface area contributed by atoms with Crippen LogP contribution in [0.15, 0.2) is 76.0 Å². The lowest BCUT2D eigenvalue weighted by Gasteiger charge is -2.46. The fraction of sp³-hybridized carbons (Fsp3) is 0.429. The normalized spacial score (nSPS) is 31.9. The summed E-state index contributed by atoms with van der Waals surface area (Å²) in [6.07, 6.45) is -21.7. The second-order valence-corrected chi connectivity index (χ2v) is 15.0. The minimum Gasteiger partial charge on any atom is -0.508 e. The van der Waals surface area contributed by atoms with Gasteiger partial charge in [-0.2, -0.15) is 0 Å². The number of rotatable bonds is 14. The smallest absolute Gasteiger partial charge is 0.508 e. The maximum absolute atomic E-state index is 12.2. The predicted octanol–water partition coefficient (Wildman–Crippen LogP) is -1.76. The zero-order valence-electron chi connectivity index (χ0n) is 33.6. The summed E-state index contributed by atoms with van der Waals surface area (Å²) in [7, 11) is 1.30. The fourth-order valence-corrected chi connectivity index (χ4v) is 7.30. The van der Waals surface area contributed by atoms with Crippen LogP contribution >= 0.6 is 0 Å².